The average Bonchev–Trinajstić information content (AvgIpc) is 2.01. The Kier molecular flexibility index (Phi) is 11.9. The summed E-state index contributed by atoms with van der Waals surface area (Å²) in [4.78, 5) is 0. The van der Waals surface area contributed by atoms with Crippen molar-refractivity contribution in [2.24, 2.45) is 0 Å². The van der Waals surface area contributed by atoms with E-state index >= 15 is 0 Å². The zero-order valence-corrected chi connectivity index (χ0v) is 16.7. The van der Waals surface area contributed by atoms with E-state index < -0.39 is 9.05 Å². The predicted molar refractivity (Wildman–Crippen MR) is 59.9 cm³/mol. The summed E-state index contributed by atoms with van der Waals surface area (Å²) in [6, 6.07) is 5.10. The molecule has 0 aliphatic heterocycles. The second-order valence-electron chi connectivity index (χ2n) is 2.37. The molecule has 78 valence electrons. The Hall–Kier alpha value is 2.28. The van der Waals surface area contributed by atoms with Crippen molar-refractivity contribution < 1.29 is 72.4 Å². The summed E-state index contributed by atoms with van der Waals surface area (Å²) in [5, 5.41) is 0.440. The first-order valence-corrected chi connectivity index (χ1v) is 7.51. The Bertz CT molecular complexity index is 435. The van der Waals surface area contributed by atoms with Crippen LogP contribution in [0.25, 0.3) is 0 Å². The SMILES string of the molecule is O=S([O-])([O-])=[S+]Cc1c(Cl)cccc1Br.[Na+].[Na+]. The number of hydrogen-bond acceptors (Lipinski definition) is 3. The molecule has 1 rings (SSSR count). The van der Waals surface area contributed by atoms with Gasteiger partial charge in [-0.25, -0.2) is 4.21 Å². The van der Waals surface area contributed by atoms with Crippen LogP contribution < -0.4 is 59.1 Å². The molecular formula is C7H5BrClNa2O3S2+. The van der Waals surface area contributed by atoms with Gasteiger partial charge in [-0.05, 0) is 12.1 Å². The minimum absolute atomic E-state index is 0. The normalized spacial score (nSPS) is 10.0. The van der Waals surface area contributed by atoms with Gasteiger partial charge in [0.2, 0.25) is 16.1 Å². The van der Waals surface area contributed by atoms with Gasteiger partial charge in [0.1, 0.15) is 0 Å². The fourth-order valence-electron chi connectivity index (χ4n) is 0.801. The molecule has 0 saturated heterocycles. The Morgan fingerprint density at radius 3 is 2.38 bits per heavy atom. The van der Waals surface area contributed by atoms with Crippen molar-refractivity contribution in [1.29, 1.82) is 0 Å². The molecule has 16 heavy (non-hydrogen) atoms. The molecule has 1 aromatic rings. The van der Waals surface area contributed by atoms with Crippen LogP contribution >= 0.6 is 27.5 Å². The molecule has 0 heterocycles. The Morgan fingerprint density at radius 2 is 1.94 bits per heavy atom. The van der Waals surface area contributed by atoms with Crippen molar-refractivity contribution >= 4 is 46.9 Å². The molecule has 0 aliphatic carbocycles. The van der Waals surface area contributed by atoms with Gasteiger partial charge in [0, 0.05) is 10.0 Å². The maximum absolute atomic E-state index is 10.4. The van der Waals surface area contributed by atoms with E-state index in [-0.39, 0.29) is 64.9 Å². The van der Waals surface area contributed by atoms with Gasteiger partial charge in [-0.2, -0.15) is 0 Å². The van der Waals surface area contributed by atoms with Crippen LogP contribution in [0.2, 0.25) is 5.02 Å². The van der Waals surface area contributed by atoms with E-state index in [0.717, 1.165) is 0 Å². The van der Waals surface area contributed by atoms with E-state index in [9.17, 15) is 13.3 Å². The predicted octanol–water partition coefficient (Wildman–Crippen LogP) is -3.85. The molecule has 0 amide bonds. The van der Waals surface area contributed by atoms with Crippen LogP contribution in [0.3, 0.4) is 0 Å². The molecule has 0 atom stereocenters. The third-order valence-electron chi connectivity index (χ3n) is 1.41. The Morgan fingerprint density at radius 1 is 1.38 bits per heavy atom. The van der Waals surface area contributed by atoms with Crippen molar-refractivity contribution in [1.82, 2.24) is 0 Å². The summed E-state index contributed by atoms with van der Waals surface area (Å²) in [5.41, 5.74) is 0.610. The molecule has 3 nitrogen and oxygen atoms in total. The van der Waals surface area contributed by atoms with Crippen LogP contribution in [-0.4, -0.2) is 13.3 Å². The van der Waals surface area contributed by atoms with Crippen molar-refractivity contribution in [3.63, 3.8) is 0 Å². The van der Waals surface area contributed by atoms with Crippen molar-refractivity contribution in [3.8, 4) is 0 Å². The standard InChI is InChI=1S/C7H6BrClO3S2.2Na/c8-6-2-1-3-7(9)5(6)4-13-14(10,11)12;;/h1-3H,4H2,(H-,10,11,12);;/q;2*+1/p-1. The molecular weight excluding hydrogens is 358 g/mol. The second kappa shape index (κ2) is 9.23. The fourth-order valence-corrected chi connectivity index (χ4v) is 3.29. The average molecular weight is 363 g/mol. The van der Waals surface area contributed by atoms with Gasteiger partial charge in [-0.3, -0.25) is 0 Å². The molecule has 0 saturated carbocycles. The van der Waals surface area contributed by atoms with Crippen LogP contribution in [0.4, 0.5) is 0 Å². The van der Waals surface area contributed by atoms with E-state index in [4.69, 9.17) is 11.6 Å². The summed E-state index contributed by atoms with van der Waals surface area (Å²) in [5.74, 6) is 0.0477. The maximum atomic E-state index is 10.4. The Labute approximate surface area is 156 Å². The second-order valence-corrected chi connectivity index (χ2v) is 6.90. The molecule has 1 aromatic carbocycles. The molecule has 0 aromatic heterocycles. The van der Waals surface area contributed by atoms with Gasteiger partial charge in [0.25, 0.3) is 0 Å². The first-order valence-electron chi connectivity index (χ1n) is 3.43. The van der Waals surface area contributed by atoms with Gasteiger partial charge >= 0.3 is 59.1 Å². The zero-order chi connectivity index (χ0) is 10.8. The number of rotatable bonds is 2. The van der Waals surface area contributed by atoms with Crippen LogP contribution in [-0.2, 0) is 25.1 Å². The van der Waals surface area contributed by atoms with Gasteiger partial charge in [0.05, 0.1) is 14.1 Å². The van der Waals surface area contributed by atoms with Crippen LogP contribution in [0.1, 0.15) is 5.56 Å². The van der Waals surface area contributed by atoms with E-state index in [1.165, 1.54) is 0 Å². The maximum Gasteiger partial charge on any atom is 1.00 e. The van der Waals surface area contributed by atoms with E-state index in [2.05, 4.69) is 15.9 Å². The number of halogens is 2. The molecule has 0 spiro atoms. The molecule has 0 radical (unpaired) electrons. The monoisotopic (exact) mass is 361 g/mol. The van der Waals surface area contributed by atoms with Gasteiger partial charge in [-0.15, -0.1) is 0 Å². The number of hydrogen-bond donors (Lipinski definition) is 0. The van der Waals surface area contributed by atoms with E-state index in [1.54, 1.807) is 18.2 Å². The van der Waals surface area contributed by atoms with Crippen LogP contribution in [0, 0.1) is 0 Å². The summed E-state index contributed by atoms with van der Waals surface area (Å²) < 4.78 is 31.8. The third kappa shape index (κ3) is 7.66. The third-order valence-corrected chi connectivity index (χ3v) is 4.42. The summed E-state index contributed by atoms with van der Waals surface area (Å²) in [6.07, 6.45) is 0. The molecule has 9 heteroatoms. The fraction of sp³-hybridized carbons (Fsp3) is 0.143. The first-order chi connectivity index (χ1) is 6.40. The zero-order valence-electron chi connectivity index (χ0n) is 8.74. The minimum atomic E-state index is -4.27. The first kappa shape index (κ1) is 20.6. The van der Waals surface area contributed by atoms with Crippen molar-refractivity contribution in [2.45, 2.75) is 5.75 Å². The summed E-state index contributed by atoms with van der Waals surface area (Å²) in [6.45, 7) is 0. The van der Waals surface area contributed by atoms with Gasteiger partial charge < -0.3 is 9.11 Å². The van der Waals surface area contributed by atoms with E-state index in [1.807, 2.05) is 0 Å². The number of benzene rings is 1. The van der Waals surface area contributed by atoms with Gasteiger partial charge in [0.15, 0.2) is 0 Å². The quantitative estimate of drug-likeness (QED) is 0.400. The van der Waals surface area contributed by atoms with Gasteiger partial charge in [-0.1, -0.05) is 33.6 Å². The molecule has 0 aliphatic rings. The summed E-state index contributed by atoms with van der Waals surface area (Å²) >= 11 is 9.04. The smallest absolute Gasteiger partial charge is 0.746 e. The molecule has 0 N–H and O–H groups in total. The van der Waals surface area contributed by atoms with Crippen molar-refractivity contribution in [3.05, 3.63) is 33.3 Å². The van der Waals surface area contributed by atoms with Crippen LogP contribution in [0.15, 0.2) is 22.7 Å². The summed E-state index contributed by atoms with van der Waals surface area (Å²) in [7, 11) is -3.95. The minimum Gasteiger partial charge on any atom is -0.746 e. The van der Waals surface area contributed by atoms with E-state index in [0.29, 0.717) is 25.4 Å². The molecule has 0 bridgehead atoms. The van der Waals surface area contributed by atoms with Crippen molar-refractivity contribution in [2.75, 3.05) is 0 Å². The Balaban J connectivity index is 0. The topological polar surface area (TPSA) is 63.2 Å². The molecule has 0 fully saturated rings. The van der Waals surface area contributed by atoms with Crippen LogP contribution in [0.5, 0.6) is 0 Å². The largest absolute Gasteiger partial charge is 1.00 e. The molecule has 0 unspecified atom stereocenters.